The first-order valence-electron chi connectivity index (χ1n) is 9.51. The molecule has 0 bridgehead atoms. The molecule has 2 aromatic rings. The van der Waals surface area contributed by atoms with E-state index in [1.54, 1.807) is 30.3 Å². The van der Waals surface area contributed by atoms with Crippen molar-refractivity contribution in [1.82, 2.24) is 10.2 Å². The van der Waals surface area contributed by atoms with E-state index in [9.17, 15) is 14.4 Å². The third-order valence-corrected chi connectivity index (χ3v) is 4.27. The summed E-state index contributed by atoms with van der Waals surface area (Å²) >= 11 is 0. The highest BCUT2D eigenvalue weighted by Crippen LogP contribution is 2.23. The van der Waals surface area contributed by atoms with Gasteiger partial charge in [-0.2, -0.15) is 0 Å². The van der Waals surface area contributed by atoms with Crippen molar-refractivity contribution in [2.45, 2.75) is 13.0 Å². The van der Waals surface area contributed by atoms with Crippen molar-refractivity contribution in [3.05, 3.63) is 54.0 Å². The molecule has 31 heavy (non-hydrogen) atoms. The molecule has 1 heterocycles. The number of nitrogens with one attached hydrogen (secondary N) is 1. The van der Waals surface area contributed by atoms with E-state index in [4.69, 9.17) is 18.6 Å². The van der Waals surface area contributed by atoms with Crippen LogP contribution in [0.25, 0.3) is 6.08 Å². The number of carbonyl (C=O) groups is 3. The van der Waals surface area contributed by atoms with Crippen molar-refractivity contribution in [2.24, 2.45) is 0 Å². The molecule has 0 unspecified atom stereocenters. The lowest BCUT2D eigenvalue weighted by Gasteiger charge is -2.22. The third-order valence-electron chi connectivity index (χ3n) is 4.27. The maximum atomic E-state index is 12.7. The van der Waals surface area contributed by atoms with Crippen molar-refractivity contribution in [3.63, 3.8) is 0 Å². The SMILES string of the molecule is COC(=O)CN(Cc1cc(OC)cc(OC)c1)C(=O)CCNC(=O)/C=C/c1ccco1. The first-order chi connectivity index (χ1) is 14.9. The Morgan fingerprint density at radius 1 is 1.10 bits per heavy atom. The number of amides is 2. The Morgan fingerprint density at radius 2 is 1.81 bits per heavy atom. The van der Waals surface area contributed by atoms with Crippen molar-refractivity contribution in [1.29, 1.82) is 0 Å². The van der Waals surface area contributed by atoms with Gasteiger partial charge in [-0.05, 0) is 35.9 Å². The molecule has 0 saturated heterocycles. The summed E-state index contributed by atoms with van der Waals surface area (Å²) in [5, 5.41) is 2.63. The molecule has 0 saturated carbocycles. The summed E-state index contributed by atoms with van der Waals surface area (Å²) in [6.45, 7) is 0.0360. The fraction of sp³-hybridized carbons (Fsp3) is 0.318. The minimum atomic E-state index is -0.548. The zero-order valence-corrected chi connectivity index (χ0v) is 17.8. The Bertz CT molecular complexity index is 884. The molecule has 9 nitrogen and oxygen atoms in total. The summed E-state index contributed by atoms with van der Waals surface area (Å²) in [5.41, 5.74) is 0.721. The molecular formula is C22H26N2O7. The van der Waals surface area contributed by atoms with Gasteiger partial charge in [0.2, 0.25) is 11.8 Å². The Kier molecular flexibility index (Phi) is 9.15. The molecule has 1 N–H and O–H groups in total. The van der Waals surface area contributed by atoms with E-state index in [1.165, 1.54) is 44.6 Å². The van der Waals surface area contributed by atoms with Crippen LogP contribution in [0, 0.1) is 0 Å². The number of ether oxygens (including phenoxy) is 3. The van der Waals surface area contributed by atoms with Crippen LogP contribution >= 0.6 is 0 Å². The highest BCUT2D eigenvalue weighted by molar-refractivity contribution is 5.91. The fourth-order valence-corrected chi connectivity index (χ4v) is 2.68. The topological polar surface area (TPSA) is 107 Å². The molecular weight excluding hydrogens is 404 g/mol. The monoisotopic (exact) mass is 430 g/mol. The van der Waals surface area contributed by atoms with Gasteiger partial charge in [-0.25, -0.2) is 0 Å². The molecule has 1 aromatic heterocycles. The van der Waals surface area contributed by atoms with E-state index in [0.717, 1.165) is 5.56 Å². The Morgan fingerprint density at radius 3 is 2.39 bits per heavy atom. The first-order valence-corrected chi connectivity index (χ1v) is 9.51. The van der Waals surface area contributed by atoms with E-state index >= 15 is 0 Å². The van der Waals surface area contributed by atoms with Crippen molar-refractivity contribution in [2.75, 3.05) is 34.4 Å². The van der Waals surface area contributed by atoms with Crippen LogP contribution in [0.4, 0.5) is 0 Å². The Labute approximate surface area is 180 Å². The van der Waals surface area contributed by atoms with Gasteiger partial charge in [0.15, 0.2) is 0 Å². The molecule has 166 valence electrons. The van der Waals surface area contributed by atoms with Gasteiger partial charge < -0.3 is 28.8 Å². The number of hydrogen-bond donors (Lipinski definition) is 1. The molecule has 9 heteroatoms. The summed E-state index contributed by atoms with van der Waals surface area (Å²) in [5.74, 6) is 0.451. The maximum Gasteiger partial charge on any atom is 0.325 e. The third kappa shape index (κ3) is 7.88. The lowest BCUT2D eigenvalue weighted by Crippen LogP contribution is -2.37. The Hall–Kier alpha value is -3.75. The zero-order chi connectivity index (χ0) is 22.6. The van der Waals surface area contributed by atoms with Crippen LogP contribution in [0.5, 0.6) is 11.5 Å². The highest BCUT2D eigenvalue weighted by atomic mass is 16.5. The van der Waals surface area contributed by atoms with Gasteiger partial charge in [-0.15, -0.1) is 0 Å². The Balaban J connectivity index is 1.98. The molecule has 2 amide bonds. The van der Waals surface area contributed by atoms with Crippen LogP contribution in [0.2, 0.25) is 0 Å². The molecule has 0 aliphatic rings. The fourth-order valence-electron chi connectivity index (χ4n) is 2.68. The standard InChI is InChI=1S/C22H26N2O7/c1-28-18-11-16(12-19(13-18)29-2)14-24(15-22(27)30-3)21(26)8-9-23-20(25)7-6-17-5-4-10-31-17/h4-7,10-13H,8-9,14-15H2,1-3H3,(H,23,25)/b7-6+. The van der Waals surface area contributed by atoms with Crippen molar-refractivity contribution in [3.8, 4) is 11.5 Å². The molecule has 0 aliphatic carbocycles. The summed E-state index contributed by atoms with van der Waals surface area (Å²) in [6.07, 6.45) is 4.36. The quantitative estimate of drug-likeness (QED) is 0.429. The minimum Gasteiger partial charge on any atom is -0.497 e. The van der Waals surface area contributed by atoms with Gasteiger partial charge in [-0.3, -0.25) is 14.4 Å². The number of benzene rings is 1. The summed E-state index contributed by atoms with van der Waals surface area (Å²) < 4.78 is 20.3. The van der Waals surface area contributed by atoms with E-state index in [-0.39, 0.29) is 37.9 Å². The predicted molar refractivity (Wildman–Crippen MR) is 112 cm³/mol. The van der Waals surface area contributed by atoms with Gasteiger partial charge in [0.05, 0.1) is 27.6 Å². The number of rotatable bonds is 11. The van der Waals surface area contributed by atoms with Crippen LogP contribution in [0.1, 0.15) is 17.7 Å². The van der Waals surface area contributed by atoms with Crippen LogP contribution in [0.15, 0.2) is 47.1 Å². The largest absolute Gasteiger partial charge is 0.497 e. The molecule has 0 spiro atoms. The molecule has 0 aliphatic heterocycles. The molecule has 0 atom stereocenters. The van der Waals surface area contributed by atoms with Crippen molar-refractivity contribution < 1.29 is 33.0 Å². The lowest BCUT2D eigenvalue weighted by molar-refractivity contribution is -0.147. The smallest absolute Gasteiger partial charge is 0.325 e. The molecule has 2 rings (SSSR count). The van der Waals surface area contributed by atoms with E-state index < -0.39 is 5.97 Å². The van der Waals surface area contributed by atoms with Crippen LogP contribution in [-0.2, 0) is 25.7 Å². The molecule has 0 radical (unpaired) electrons. The first kappa shape index (κ1) is 23.5. The molecule has 1 aromatic carbocycles. The average Bonchev–Trinajstić information content (AvgIpc) is 3.30. The number of hydrogen-bond acceptors (Lipinski definition) is 7. The zero-order valence-electron chi connectivity index (χ0n) is 17.8. The average molecular weight is 430 g/mol. The second-order valence-electron chi connectivity index (χ2n) is 6.44. The number of methoxy groups -OCH3 is 3. The summed E-state index contributed by atoms with van der Waals surface area (Å²) in [4.78, 5) is 37.7. The van der Waals surface area contributed by atoms with Crippen LogP contribution in [0.3, 0.4) is 0 Å². The van der Waals surface area contributed by atoms with Gasteiger partial charge >= 0.3 is 5.97 Å². The minimum absolute atomic E-state index is 0.0123. The molecule has 0 fully saturated rings. The predicted octanol–water partition coefficient (Wildman–Crippen LogP) is 2.02. The van der Waals surface area contributed by atoms with E-state index in [0.29, 0.717) is 17.3 Å². The summed E-state index contributed by atoms with van der Waals surface area (Å²) in [7, 11) is 4.31. The summed E-state index contributed by atoms with van der Waals surface area (Å²) in [6, 6.07) is 8.64. The highest BCUT2D eigenvalue weighted by Gasteiger charge is 2.19. The lowest BCUT2D eigenvalue weighted by atomic mass is 10.1. The second-order valence-corrected chi connectivity index (χ2v) is 6.44. The van der Waals surface area contributed by atoms with Gasteiger partial charge in [-0.1, -0.05) is 0 Å². The normalized spacial score (nSPS) is 10.5. The van der Waals surface area contributed by atoms with E-state index in [2.05, 4.69) is 5.32 Å². The van der Waals surface area contributed by atoms with Crippen LogP contribution in [-0.4, -0.2) is 57.1 Å². The van der Waals surface area contributed by atoms with Gasteiger partial charge in [0.1, 0.15) is 23.8 Å². The van der Waals surface area contributed by atoms with Crippen molar-refractivity contribution >= 4 is 23.9 Å². The van der Waals surface area contributed by atoms with Gasteiger partial charge in [0, 0.05) is 31.7 Å². The number of furan rings is 1. The van der Waals surface area contributed by atoms with E-state index in [1.807, 2.05) is 0 Å². The second kappa shape index (κ2) is 12.1. The number of nitrogens with zero attached hydrogens (tertiary/aromatic N) is 1. The van der Waals surface area contributed by atoms with Gasteiger partial charge in [0.25, 0.3) is 0 Å². The maximum absolute atomic E-state index is 12.7. The number of esters is 1. The van der Waals surface area contributed by atoms with Crippen LogP contribution < -0.4 is 14.8 Å². The number of carbonyl (C=O) groups excluding carboxylic acids is 3.